The van der Waals surface area contributed by atoms with Crippen molar-refractivity contribution < 1.29 is 9.18 Å². The summed E-state index contributed by atoms with van der Waals surface area (Å²) < 4.78 is 13.6. The van der Waals surface area contributed by atoms with E-state index in [2.05, 4.69) is 5.32 Å². The molecule has 0 radical (unpaired) electrons. The molecule has 2 aromatic carbocycles. The Morgan fingerprint density at radius 1 is 1.15 bits per heavy atom. The highest BCUT2D eigenvalue weighted by Gasteiger charge is 2.13. The number of hydrogen-bond acceptors (Lipinski definition) is 1. The standard InChI is InChI=1S/C16H15ClFNO/c1-10-5-3-6-11(2)16(10)19-15(20)9-12-13(17)7-4-8-14(12)18/h3-8H,9H2,1-2H3,(H,19,20). The first kappa shape index (κ1) is 14.5. The Bertz CT molecular complexity index is 559. The zero-order valence-electron chi connectivity index (χ0n) is 11.3. The second-order valence-corrected chi connectivity index (χ2v) is 5.10. The average molecular weight is 292 g/mol. The van der Waals surface area contributed by atoms with E-state index in [0.717, 1.165) is 16.8 Å². The lowest BCUT2D eigenvalue weighted by atomic mass is 10.1. The molecule has 20 heavy (non-hydrogen) atoms. The fourth-order valence-corrected chi connectivity index (χ4v) is 2.29. The minimum absolute atomic E-state index is 0.0840. The zero-order valence-corrected chi connectivity index (χ0v) is 12.1. The summed E-state index contributed by atoms with van der Waals surface area (Å²) in [6.07, 6.45) is -0.0840. The Morgan fingerprint density at radius 2 is 1.75 bits per heavy atom. The third kappa shape index (κ3) is 3.17. The minimum atomic E-state index is -0.464. The first-order valence-electron chi connectivity index (χ1n) is 6.28. The van der Waals surface area contributed by atoms with Crippen molar-refractivity contribution in [2.24, 2.45) is 0 Å². The third-order valence-corrected chi connectivity index (χ3v) is 3.50. The first-order chi connectivity index (χ1) is 9.49. The van der Waals surface area contributed by atoms with Gasteiger partial charge in [0.05, 0.1) is 6.42 Å². The van der Waals surface area contributed by atoms with E-state index >= 15 is 0 Å². The van der Waals surface area contributed by atoms with Gasteiger partial charge in [-0.2, -0.15) is 0 Å². The van der Waals surface area contributed by atoms with E-state index in [4.69, 9.17) is 11.6 Å². The van der Waals surface area contributed by atoms with Gasteiger partial charge in [0.25, 0.3) is 0 Å². The van der Waals surface area contributed by atoms with Crippen LogP contribution in [0.3, 0.4) is 0 Å². The topological polar surface area (TPSA) is 29.1 Å². The fraction of sp³-hybridized carbons (Fsp3) is 0.188. The van der Waals surface area contributed by atoms with Crippen LogP contribution in [0.5, 0.6) is 0 Å². The Labute approximate surface area is 122 Å². The molecule has 0 saturated carbocycles. The number of hydrogen-bond donors (Lipinski definition) is 1. The van der Waals surface area contributed by atoms with Gasteiger partial charge in [-0.25, -0.2) is 4.39 Å². The molecule has 104 valence electrons. The molecule has 0 bridgehead atoms. The van der Waals surface area contributed by atoms with E-state index in [1.54, 1.807) is 6.07 Å². The second-order valence-electron chi connectivity index (χ2n) is 4.69. The maximum atomic E-state index is 13.6. The summed E-state index contributed by atoms with van der Waals surface area (Å²) in [5.74, 6) is -0.747. The van der Waals surface area contributed by atoms with Gasteiger partial charge in [0.2, 0.25) is 5.91 Å². The van der Waals surface area contributed by atoms with Crippen LogP contribution in [0.1, 0.15) is 16.7 Å². The molecule has 0 aromatic heterocycles. The monoisotopic (exact) mass is 291 g/mol. The molecule has 0 aliphatic heterocycles. The Hall–Kier alpha value is -1.87. The molecular weight excluding hydrogens is 277 g/mol. The van der Waals surface area contributed by atoms with Gasteiger partial charge in [0.15, 0.2) is 0 Å². The number of halogens is 2. The van der Waals surface area contributed by atoms with Crippen molar-refractivity contribution in [3.8, 4) is 0 Å². The highest BCUT2D eigenvalue weighted by molar-refractivity contribution is 6.31. The second kappa shape index (κ2) is 6.06. The van der Waals surface area contributed by atoms with Crippen LogP contribution in [0.25, 0.3) is 0 Å². The molecule has 0 saturated heterocycles. The summed E-state index contributed by atoms with van der Waals surface area (Å²) in [5.41, 5.74) is 2.93. The summed E-state index contributed by atoms with van der Waals surface area (Å²) >= 11 is 5.92. The lowest BCUT2D eigenvalue weighted by molar-refractivity contribution is -0.115. The van der Waals surface area contributed by atoms with Gasteiger partial charge in [0.1, 0.15) is 5.82 Å². The Balaban J connectivity index is 2.18. The smallest absolute Gasteiger partial charge is 0.228 e. The van der Waals surface area contributed by atoms with Crippen molar-refractivity contribution in [3.63, 3.8) is 0 Å². The van der Waals surface area contributed by atoms with Gasteiger partial charge < -0.3 is 5.32 Å². The maximum Gasteiger partial charge on any atom is 0.228 e. The number of carbonyl (C=O) groups excluding carboxylic acids is 1. The summed E-state index contributed by atoms with van der Waals surface area (Å²) in [7, 11) is 0. The quantitative estimate of drug-likeness (QED) is 0.898. The molecular formula is C16H15ClFNO. The van der Waals surface area contributed by atoms with Gasteiger partial charge in [-0.1, -0.05) is 35.9 Å². The molecule has 1 amide bonds. The van der Waals surface area contributed by atoms with Crippen LogP contribution in [-0.4, -0.2) is 5.91 Å². The molecule has 0 heterocycles. The van der Waals surface area contributed by atoms with Crippen molar-refractivity contribution in [1.29, 1.82) is 0 Å². The molecule has 0 spiro atoms. The number of carbonyl (C=O) groups is 1. The molecule has 1 N–H and O–H groups in total. The molecule has 0 atom stereocenters. The van der Waals surface area contributed by atoms with Crippen molar-refractivity contribution in [3.05, 3.63) is 63.9 Å². The molecule has 0 fully saturated rings. The molecule has 0 aliphatic carbocycles. The van der Waals surface area contributed by atoms with Crippen LogP contribution in [-0.2, 0) is 11.2 Å². The van der Waals surface area contributed by atoms with Crippen LogP contribution in [0.4, 0.5) is 10.1 Å². The average Bonchev–Trinajstić information content (AvgIpc) is 2.39. The van der Waals surface area contributed by atoms with Crippen LogP contribution in [0, 0.1) is 19.7 Å². The normalized spacial score (nSPS) is 10.4. The number of aryl methyl sites for hydroxylation is 2. The van der Waals surface area contributed by atoms with Crippen molar-refractivity contribution in [2.75, 3.05) is 5.32 Å². The third-order valence-electron chi connectivity index (χ3n) is 3.14. The number of para-hydroxylation sites is 1. The van der Waals surface area contributed by atoms with E-state index in [0.29, 0.717) is 0 Å². The highest BCUT2D eigenvalue weighted by atomic mass is 35.5. The van der Waals surface area contributed by atoms with Crippen molar-refractivity contribution >= 4 is 23.2 Å². The number of benzene rings is 2. The fourth-order valence-electron chi connectivity index (χ4n) is 2.06. The van der Waals surface area contributed by atoms with Gasteiger partial charge in [0, 0.05) is 16.3 Å². The predicted octanol–water partition coefficient (Wildman–Crippen LogP) is 4.28. The van der Waals surface area contributed by atoms with E-state index in [-0.39, 0.29) is 22.9 Å². The minimum Gasteiger partial charge on any atom is -0.325 e. The van der Waals surface area contributed by atoms with Crippen molar-refractivity contribution in [1.82, 2.24) is 0 Å². The number of rotatable bonds is 3. The molecule has 2 rings (SSSR count). The SMILES string of the molecule is Cc1cccc(C)c1NC(=O)Cc1c(F)cccc1Cl. The van der Waals surface area contributed by atoms with Crippen LogP contribution < -0.4 is 5.32 Å². The maximum absolute atomic E-state index is 13.6. The van der Waals surface area contributed by atoms with Crippen LogP contribution in [0.2, 0.25) is 5.02 Å². The van der Waals surface area contributed by atoms with Gasteiger partial charge in [-0.05, 0) is 37.1 Å². The summed E-state index contributed by atoms with van der Waals surface area (Å²) in [6.45, 7) is 3.83. The van der Waals surface area contributed by atoms with E-state index in [1.165, 1.54) is 12.1 Å². The molecule has 4 heteroatoms. The highest BCUT2D eigenvalue weighted by Crippen LogP contribution is 2.22. The summed E-state index contributed by atoms with van der Waals surface area (Å²) in [4.78, 5) is 12.1. The largest absolute Gasteiger partial charge is 0.325 e. The lowest BCUT2D eigenvalue weighted by Crippen LogP contribution is -2.17. The molecule has 2 nitrogen and oxygen atoms in total. The number of nitrogens with one attached hydrogen (secondary N) is 1. The van der Waals surface area contributed by atoms with Gasteiger partial charge in [-0.3, -0.25) is 4.79 Å². The molecule has 2 aromatic rings. The van der Waals surface area contributed by atoms with E-state index in [1.807, 2.05) is 32.0 Å². The summed E-state index contributed by atoms with van der Waals surface area (Å²) in [5, 5.41) is 3.08. The van der Waals surface area contributed by atoms with E-state index in [9.17, 15) is 9.18 Å². The number of anilines is 1. The zero-order chi connectivity index (χ0) is 14.7. The number of amides is 1. The first-order valence-corrected chi connectivity index (χ1v) is 6.66. The van der Waals surface area contributed by atoms with Crippen LogP contribution >= 0.6 is 11.6 Å². The van der Waals surface area contributed by atoms with Crippen molar-refractivity contribution in [2.45, 2.75) is 20.3 Å². The predicted molar refractivity (Wildman–Crippen MR) is 79.7 cm³/mol. The van der Waals surface area contributed by atoms with E-state index < -0.39 is 5.82 Å². The van der Waals surface area contributed by atoms with Crippen LogP contribution in [0.15, 0.2) is 36.4 Å². The molecule has 0 unspecified atom stereocenters. The van der Waals surface area contributed by atoms with Gasteiger partial charge >= 0.3 is 0 Å². The molecule has 0 aliphatic rings. The van der Waals surface area contributed by atoms with Gasteiger partial charge in [-0.15, -0.1) is 0 Å². The Kier molecular flexibility index (Phi) is 4.40. The lowest BCUT2D eigenvalue weighted by Gasteiger charge is -2.12. The summed E-state index contributed by atoms with van der Waals surface area (Å²) in [6, 6.07) is 10.1. The Morgan fingerprint density at radius 3 is 2.35 bits per heavy atom.